The Labute approximate surface area is 227 Å². The number of methoxy groups -OCH3 is 3. The van der Waals surface area contributed by atoms with Gasteiger partial charge in [-0.25, -0.2) is 0 Å². The molecule has 1 fully saturated rings. The minimum absolute atomic E-state index is 0.00856. The molecular weight excluding hydrogens is 498 g/mol. The molecular formula is C31H31NO7. The molecule has 0 unspecified atom stereocenters. The van der Waals surface area contributed by atoms with Crippen molar-refractivity contribution >= 4 is 17.4 Å². The van der Waals surface area contributed by atoms with Crippen LogP contribution in [0.3, 0.4) is 0 Å². The Hall–Kier alpha value is -4.46. The molecule has 39 heavy (non-hydrogen) atoms. The maximum Gasteiger partial charge on any atom is 0.295 e. The number of ether oxygens (including phenoxy) is 4. The standard InChI is InChI=1S/C31H31NO7/c1-18-14-21-15-20(10-11-23(21)39-18)28(33)26-27(22-16-24(36-2)30(38-4)25(17-22)37-3)32(31(35)29(26)34)13-12-19-8-6-5-7-9-19/h5-11,15-18,27,33H,12-14H2,1-4H3/t18-,27-/m1/s1. The summed E-state index contributed by atoms with van der Waals surface area (Å²) in [7, 11) is 4.51. The number of hydrogen-bond donors (Lipinski definition) is 1. The Morgan fingerprint density at radius 1 is 0.974 bits per heavy atom. The third kappa shape index (κ3) is 4.78. The third-order valence-corrected chi connectivity index (χ3v) is 7.20. The molecule has 2 aliphatic heterocycles. The second kappa shape index (κ2) is 10.7. The van der Waals surface area contributed by atoms with Gasteiger partial charge in [-0.2, -0.15) is 0 Å². The maximum atomic E-state index is 13.5. The Bertz CT molecular complexity index is 1420. The average Bonchev–Trinajstić information content (AvgIpc) is 3.46. The number of fused-ring (bicyclic) bond motifs is 1. The number of rotatable bonds is 8. The summed E-state index contributed by atoms with van der Waals surface area (Å²) in [6, 6.07) is 17.6. The molecule has 0 saturated carbocycles. The predicted octanol–water partition coefficient (Wildman–Crippen LogP) is 4.70. The third-order valence-electron chi connectivity index (χ3n) is 7.20. The fraction of sp³-hybridized carbons (Fsp3) is 0.290. The van der Waals surface area contributed by atoms with Crippen molar-refractivity contribution in [1.82, 2.24) is 4.90 Å². The van der Waals surface area contributed by atoms with Gasteiger partial charge in [-0.3, -0.25) is 9.59 Å². The Kier molecular flexibility index (Phi) is 7.19. The number of carbonyl (C=O) groups is 2. The van der Waals surface area contributed by atoms with Crippen molar-refractivity contribution in [3.05, 3.63) is 88.5 Å². The summed E-state index contributed by atoms with van der Waals surface area (Å²) in [6.07, 6.45) is 1.25. The molecule has 8 heteroatoms. The van der Waals surface area contributed by atoms with E-state index in [0.717, 1.165) is 16.9 Å². The highest BCUT2D eigenvalue weighted by Crippen LogP contribution is 2.46. The summed E-state index contributed by atoms with van der Waals surface area (Å²) < 4.78 is 22.4. The minimum atomic E-state index is -0.870. The molecule has 8 nitrogen and oxygen atoms in total. The van der Waals surface area contributed by atoms with Crippen LogP contribution in [0.2, 0.25) is 0 Å². The summed E-state index contributed by atoms with van der Waals surface area (Å²) in [5.41, 5.74) is 2.97. The first-order valence-electron chi connectivity index (χ1n) is 12.8. The second-order valence-corrected chi connectivity index (χ2v) is 9.64. The van der Waals surface area contributed by atoms with Crippen LogP contribution >= 0.6 is 0 Å². The topological polar surface area (TPSA) is 94.5 Å². The van der Waals surface area contributed by atoms with Gasteiger partial charge in [0.25, 0.3) is 11.7 Å². The number of ketones is 1. The van der Waals surface area contributed by atoms with Crippen LogP contribution in [0.4, 0.5) is 0 Å². The number of amides is 1. The largest absolute Gasteiger partial charge is 0.507 e. The zero-order chi connectivity index (χ0) is 27.7. The van der Waals surface area contributed by atoms with E-state index in [4.69, 9.17) is 18.9 Å². The Morgan fingerprint density at radius 3 is 2.31 bits per heavy atom. The second-order valence-electron chi connectivity index (χ2n) is 9.64. The van der Waals surface area contributed by atoms with Crippen LogP contribution in [0.1, 0.15) is 35.2 Å². The van der Waals surface area contributed by atoms with E-state index in [9.17, 15) is 14.7 Å². The lowest BCUT2D eigenvalue weighted by Gasteiger charge is -2.26. The molecule has 5 rings (SSSR count). The van der Waals surface area contributed by atoms with Gasteiger partial charge in [-0.15, -0.1) is 0 Å². The zero-order valence-corrected chi connectivity index (χ0v) is 22.4. The Morgan fingerprint density at radius 2 is 1.67 bits per heavy atom. The lowest BCUT2D eigenvalue weighted by Crippen LogP contribution is -2.31. The smallest absolute Gasteiger partial charge is 0.295 e. The zero-order valence-electron chi connectivity index (χ0n) is 22.4. The molecule has 202 valence electrons. The van der Waals surface area contributed by atoms with Crippen LogP contribution in [0.15, 0.2) is 66.2 Å². The molecule has 3 aromatic carbocycles. The highest BCUT2D eigenvalue weighted by Gasteiger charge is 2.46. The van der Waals surface area contributed by atoms with Gasteiger partial charge in [-0.05, 0) is 60.4 Å². The molecule has 1 N–H and O–H groups in total. The van der Waals surface area contributed by atoms with Crippen molar-refractivity contribution in [3.8, 4) is 23.0 Å². The fourth-order valence-electron chi connectivity index (χ4n) is 5.34. The molecule has 2 atom stereocenters. The van der Waals surface area contributed by atoms with Crippen LogP contribution in [-0.4, -0.2) is 55.7 Å². The van der Waals surface area contributed by atoms with Gasteiger partial charge in [0, 0.05) is 18.5 Å². The number of Topliss-reactive ketones (excluding diaryl/α,β-unsaturated/α-hetero) is 1. The lowest BCUT2D eigenvalue weighted by atomic mass is 9.93. The van der Waals surface area contributed by atoms with Crippen molar-refractivity contribution in [2.45, 2.75) is 31.9 Å². The number of likely N-dealkylation sites (tertiary alicyclic amines) is 1. The van der Waals surface area contributed by atoms with E-state index in [1.165, 1.54) is 26.2 Å². The van der Waals surface area contributed by atoms with E-state index in [1.807, 2.05) is 43.3 Å². The number of aliphatic hydroxyl groups excluding tert-OH is 1. The van der Waals surface area contributed by atoms with E-state index in [1.54, 1.807) is 24.3 Å². The van der Waals surface area contributed by atoms with E-state index in [-0.39, 0.29) is 24.0 Å². The van der Waals surface area contributed by atoms with E-state index in [0.29, 0.717) is 41.2 Å². The molecule has 2 heterocycles. The number of carbonyl (C=O) groups excluding carboxylic acids is 2. The van der Waals surface area contributed by atoms with Gasteiger partial charge in [0.2, 0.25) is 5.75 Å². The monoisotopic (exact) mass is 529 g/mol. The highest BCUT2D eigenvalue weighted by molar-refractivity contribution is 6.46. The van der Waals surface area contributed by atoms with Gasteiger partial charge in [0.05, 0.1) is 32.9 Å². The molecule has 1 amide bonds. The number of nitrogens with zero attached hydrogens (tertiary/aromatic N) is 1. The van der Waals surface area contributed by atoms with Crippen LogP contribution in [0, 0.1) is 0 Å². The van der Waals surface area contributed by atoms with Crippen molar-refractivity contribution < 1.29 is 33.6 Å². The van der Waals surface area contributed by atoms with Gasteiger partial charge >= 0.3 is 0 Å². The number of hydrogen-bond acceptors (Lipinski definition) is 7. The summed E-state index contributed by atoms with van der Waals surface area (Å²) in [5.74, 6) is 0.236. The van der Waals surface area contributed by atoms with Crippen molar-refractivity contribution in [2.75, 3.05) is 27.9 Å². The Balaban J connectivity index is 1.65. The predicted molar refractivity (Wildman–Crippen MR) is 145 cm³/mol. The van der Waals surface area contributed by atoms with Crippen LogP contribution in [0.25, 0.3) is 5.76 Å². The molecule has 3 aromatic rings. The van der Waals surface area contributed by atoms with Crippen molar-refractivity contribution in [1.29, 1.82) is 0 Å². The van der Waals surface area contributed by atoms with Crippen molar-refractivity contribution in [3.63, 3.8) is 0 Å². The first-order chi connectivity index (χ1) is 18.9. The quantitative estimate of drug-likeness (QED) is 0.257. The maximum absolute atomic E-state index is 13.5. The van der Waals surface area contributed by atoms with Gasteiger partial charge < -0.3 is 29.0 Å². The molecule has 0 spiro atoms. The molecule has 0 aliphatic carbocycles. The molecule has 1 saturated heterocycles. The summed E-state index contributed by atoms with van der Waals surface area (Å²) in [4.78, 5) is 28.5. The molecule has 0 bridgehead atoms. The number of aliphatic hydroxyl groups is 1. The lowest BCUT2D eigenvalue weighted by molar-refractivity contribution is -0.139. The highest BCUT2D eigenvalue weighted by atomic mass is 16.5. The van der Waals surface area contributed by atoms with Gasteiger partial charge in [-0.1, -0.05) is 30.3 Å². The molecule has 0 radical (unpaired) electrons. The van der Waals surface area contributed by atoms with Gasteiger partial charge in [0.15, 0.2) is 11.5 Å². The van der Waals surface area contributed by atoms with Crippen LogP contribution in [-0.2, 0) is 22.4 Å². The average molecular weight is 530 g/mol. The molecule has 2 aliphatic rings. The van der Waals surface area contributed by atoms with Gasteiger partial charge in [0.1, 0.15) is 17.6 Å². The summed E-state index contributed by atoms with van der Waals surface area (Å²) in [5, 5.41) is 11.5. The summed E-state index contributed by atoms with van der Waals surface area (Å²) >= 11 is 0. The first-order valence-corrected chi connectivity index (χ1v) is 12.8. The first kappa shape index (κ1) is 26.2. The molecule has 0 aromatic heterocycles. The van der Waals surface area contributed by atoms with E-state index >= 15 is 0 Å². The summed E-state index contributed by atoms with van der Waals surface area (Å²) in [6.45, 7) is 2.24. The minimum Gasteiger partial charge on any atom is -0.507 e. The van der Waals surface area contributed by atoms with Crippen LogP contribution < -0.4 is 18.9 Å². The van der Waals surface area contributed by atoms with Crippen molar-refractivity contribution in [2.24, 2.45) is 0 Å². The normalized spacial score (nSPS) is 19.5. The van der Waals surface area contributed by atoms with E-state index < -0.39 is 17.7 Å². The SMILES string of the molecule is COc1cc([C@@H]2C(=C(O)c3ccc4c(c3)C[C@@H](C)O4)C(=O)C(=O)N2CCc2ccccc2)cc(OC)c1OC. The number of benzene rings is 3. The van der Waals surface area contributed by atoms with E-state index in [2.05, 4.69) is 0 Å². The fourth-order valence-corrected chi connectivity index (χ4v) is 5.34. The van der Waals surface area contributed by atoms with Crippen LogP contribution in [0.5, 0.6) is 23.0 Å².